The molecule has 2 aromatic rings. The first-order chi connectivity index (χ1) is 12.0. The summed E-state index contributed by atoms with van der Waals surface area (Å²) in [7, 11) is 0. The molecule has 134 valence electrons. The van der Waals surface area contributed by atoms with Crippen molar-refractivity contribution in [2.45, 2.75) is 33.3 Å². The van der Waals surface area contributed by atoms with Crippen molar-refractivity contribution < 1.29 is 14.3 Å². The van der Waals surface area contributed by atoms with E-state index in [0.717, 1.165) is 16.9 Å². The van der Waals surface area contributed by atoms with Gasteiger partial charge in [0.2, 0.25) is 0 Å². The predicted octanol–water partition coefficient (Wildman–Crippen LogP) is 4.31. The fourth-order valence-corrected chi connectivity index (χ4v) is 2.51. The van der Waals surface area contributed by atoms with Gasteiger partial charge in [0.1, 0.15) is 18.1 Å². The molecular weight excluding hydrogens is 338 g/mol. The van der Waals surface area contributed by atoms with Gasteiger partial charge in [-0.1, -0.05) is 42.8 Å². The Morgan fingerprint density at radius 3 is 2.64 bits per heavy atom. The first-order valence-corrected chi connectivity index (χ1v) is 8.78. The van der Waals surface area contributed by atoms with Crippen LogP contribution in [0.4, 0.5) is 0 Å². The zero-order valence-electron chi connectivity index (χ0n) is 14.8. The third-order valence-electron chi connectivity index (χ3n) is 3.77. The molecule has 5 heteroatoms. The van der Waals surface area contributed by atoms with Crippen LogP contribution in [0.5, 0.6) is 11.5 Å². The fourth-order valence-electron chi connectivity index (χ4n) is 2.32. The summed E-state index contributed by atoms with van der Waals surface area (Å²) in [6.45, 7) is 6.62. The number of carbonyl (C=O) groups excluding carboxylic acids is 1. The number of ether oxygens (including phenoxy) is 2. The number of benzene rings is 2. The van der Waals surface area contributed by atoms with Crippen molar-refractivity contribution in [3.63, 3.8) is 0 Å². The Hall–Kier alpha value is -2.20. The average molecular weight is 362 g/mol. The lowest BCUT2D eigenvalue weighted by Crippen LogP contribution is -2.39. The summed E-state index contributed by atoms with van der Waals surface area (Å²) < 4.78 is 11.5. The van der Waals surface area contributed by atoms with Crippen molar-refractivity contribution in [2.75, 3.05) is 13.2 Å². The van der Waals surface area contributed by atoms with Gasteiger partial charge in [-0.3, -0.25) is 4.79 Å². The summed E-state index contributed by atoms with van der Waals surface area (Å²) in [4.78, 5) is 12.3. The first-order valence-electron chi connectivity index (χ1n) is 8.40. The fraction of sp³-hybridized carbons (Fsp3) is 0.350. The zero-order chi connectivity index (χ0) is 18.2. The molecule has 0 unspecified atom stereocenters. The molecule has 1 atom stereocenters. The van der Waals surface area contributed by atoms with Gasteiger partial charge in [-0.05, 0) is 49.6 Å². The summed E-state index contributed by atoms with van der Waals surface area (Å²) in [5.74, 6) is 1.21. The summed E-state index contributed by atoms with van der Waals surface area (Å²) >= 11 is 6.02. The van der Waals surface area contributed by atoms with Crippen molar-refractivity contribution in [1.29, 1.82) is 0 Å². The van der Waals surface area contributed by atoms with Gasteiger partial charge >= 0.3 is 0 Å². The number of hydrogen-bond donors (Lipinski definition) is 1. The van der Waals surface area contributed by atoms with E-state index >= 15 is 0 Å². The summed E-state index contributed by atoms with van der Waals surface area (Å²) in [5.41, 5.74) is 2.11. The van der Waals surface area contributed by atoms with Crippen LogP contribution >= 0.6 is 11.6 Å². The van der Waals surface area contributed by atoms with Crippen molar-refractivity contribution >= 4 is 17.5 Å². The van der Waals surface area contributed by atoms with Crippen molar-refractivity contribution in [3.8, 4) is 11.5 Å². The maximum Gasteiger partial charge on any atom is 0.261 e. The largest absolute Gasteiger partial charge is 0.490 e. The van der Waals surface area contributed by atoms with Crippen LogP contribution in [-0.4, -0.2) is 25.2 Å². The van der Waals surface area contributed by atoms with Crippen LogP contribution in [0, 0.1) is 13.8 Å². The van der Waals surface area contributed by atoms with Crippen LogP contribution < -0.4 is 14.8 Å². The molecule has 0 aromatic heterocycles. The average Bonchev–Trinajstić information content (AvgIpc) is 2.60. The first kappa shape index (κ1) is 19.1. The lowest BCUT2D eigenvalue weighted by molar-refractivity contribution is -0.128. The highest BCUT2D eigenvalue weighted by molar-refractivity contribution is 6.32. The van der Waals surface area contributed by atoms with Crippen LogP contribution in [0.1, 0.15) is 24.5 Å². The molecule has 25 heavy (non-hydrogen) atoms. The second-order valence-corrected chi connectivity index (χ2v) is 6.26. The number of rotatable bonds is 8. The minimum Gasteiger partial charge on any atom is -0.490 e. The minimum absolute atomic E-state index is 0.147. The van der Waals surface area contributed by atoms with Gasteiger partial charge in [0.05, 0.1) is 11.6 Å². The molecule has 1 amide bonds. The van der Waals surface area contributed by atoms with Crippen LogP contribution in [0.25, 0.3) is 0 Å². The standard InChI is InChI=1S/C20H24ClNO3/c1-4-17(25-19-13-14(2)9-10-15(19)3)20(23)22-11-12-24-18-8-6-5-7-16(18)21/h5-10,13,17H,4,11-12H2,1-3H3,(H,22,23)/t17-/m1/s1. The Morgan fingerprint density at radius 2 is 1.92 bits per heavy atom. The molecule has 2 aromatic carbocycles. The molecular formula is C20H24ClNO3. The SMILES string of the molecule is CC[C@@H](Oc1cc(C)ccc1C)C(=O)NCCOc1ccccc1Cl. The quantitative estimate of drug-likeness (QED) is 0.713. The van der Waals surface area contributed by atoms with E-state index in [-0.39, 0.29) is 5.91 Å². The molecule has 0 aliphatic rings. The highest BCUT2D eigenvalue weighted by Gasteiger charge is 2.18. The van der Waals surface area contributed by atoms with E-state index in [4.69, 9.17) is 21.1 Å². The van der Waals surface area contributed by atoms with Crippen molar-refractivity contribution in [3.05, 3.63) is 58.6 Å². The van der Waals surface area contributed by atoms with Crippen LogP contribution in [0.2, 0.25) is 5.02 Å². The smallest absolute Gasteiger partial charge is 0.261 e. The number of carbonyl (C=O) groups is 1. The number of amides is 1. The summed E-state index contributed by atoms with van der Waals surface area (Å²) in [5, 5.41) is 3.40. The Balaban J connectivity index is 1.83. The van der Waals surface area contributed by atoms with Crippen LogP contribution in [0.15, 0.2) is 42.5 Å². The zero-order valence-corrected chi connectivity index (χ0v) is 15.6. The van der Waals surface area contributed by atoms with Crippen molar-refractivity contribution in [2.24, 2.45) is 0 Å². The molecule has 4 nitrogen and oxygen atoms in total. The molecule has 0 bridgehead atoms. The second kappa shape index (κ2) is 9.33. The Kier molecular flexibility index (Phi) is 7.14. The van der Waals surface area contributed by atoms with E-state index in [0.29, 0.717) is 30.3 Å². The molecule has 0 fully saturated rings. The Bertz CT molecular complexity index is 718. The third kappa shape index (κ3) is 5.68. The Morgan fingerprint density at radius 1 is 1.16 bits per heavy atom. The molecule has 0 aliphatic heterocycles. The maximum absolute atomic E-state index is 12.3. The second-order valence-electron chi connectivity index (χ2n) is 5.85. The molecule has 0 saturated heterocycles. The van der Waals surface area contributed by atoms with Gasteiger partial charge < -0.3 is 14.8 Å². The van der Waals surface area contributed by atoms with Gasteiger partial charge in [-0.15, -0.1) is 0 Å². The monoisotopic (exact) mass is 361 g/mol. The number of hydrogen-bond acceptors (Lipinski definition) is 3. The minimum atomic E-state index is -0.527. The number of aryl methyl sites for hydroxylation is 2. The molecule has 0 aliphatic carbocycles. The van der Waals surface area contributed by atoms with E-state index in [9.17, 15) is 4.79 Å². The maximum atomic E-state index is 12.3. The van der Waals surface area contributed by atoms with Gasteiger partial charge in [0.25, 0.3) is 5.91 Å². The third-order valence-corrected chi connectivity index (χ3v) is 4.08. The van der Waals surface area contributed by atoms with E-state index in [1.807, 2.05) is 51.1 Å². The van der Waals surface area contributed by atoms with Gasteiger partial charge in [-0.2, -0.15) is 0 Å². The number of nitrogens with one attached hydrogen (secondary N) is 1. The van der Waals surface area contributed by atoms with E-state index in [1.165, 1.54) is 0 Å². The molecule has 2 rings (SSSR count). The normalized spacial score (nSPS) is 11.7. The van der Waals surface area contributed by atoms with E-state index < -0.39 is 6.10 Å². The lowest BCUT2D eigenvalue weighted by atomic mass is 10.1. The molecule has 1 N–H and O–H groups in total. The highest BCUT2D eigenvalue weighted by Crippen LogP contribution is 2.23. The van der Waals surface area contributed by atoms with E-state index in [2.05, 4.69) is 5.32 Å². The van der Waals surface area contributed by atoms with E-state index in [1.54, 1.807) is 12.1 Å². The van der Waals surface area contributed by atoms with Crippen LogP contribution in [-0.2, 0) is 4.79 Å². The van der Waals surface area contributed by atoms with Gasteiger partial charge in [-0.25, -0.2) is 0 Å². The van der Waals surface area contributed by atoms with Gasteiger partial charge in [0.15, 0.2) is 6.10 Å². The van der Waals surface area contributed by atoms with Gasteiger partial charge in [0, 0.05) is 0 Å². The Labute approximate surface area is 154 Å². The van der Waals surface area contributed by atoms with Crippen molar-refractivity contribution in [1.82, 2.24) is 5.32 Å². The number of para-hydroxylation sites is 1. The number of halogens is 1. The lowest BCUT2D eigenvalue weighted by Gasteiger charge is -2.19. The molecule has 0 spiro atoms. The summed E-state index contributed by atoms with van der Waals surface area (Å²) in [6.07, 6.45) is 0.0609. The highest BCUT2D eigenvalue weighted by atomic mass is 35.5. The van der Waals surface area contributed by atoms with Crippen LogP contribution in [0.3, 0.4) is 0 Å². The summed E-state index contributed by atoms with van der Waals surface area (Å²) in [6, 6.07) is 13.2. The molecule has 0 radical (unpaired) electrons. The molecule has 0 heterocycles. The predicted molar refractivity (Wildman–Crippen MR) is 101 cm³/mol. The molecule has 0 saturated carbocycles. The topological polar surface area (TPSA) is 47.6 Å².